The zero-order chi connectivity index (χ0) is 13.9. The minimum Gasteiger partial charge on any atom is -0.463 e. The fraction of sp³-hybridized carbons (Fsp3) is 0.833. The van der Waals surface area contributed by atoms with Crippen molar-refractivity contribution >= 4 is 11.9 Å². The molecule has 0 aliphatic carbocycles. The highest BCUT2D eigenvalue weighted by atomic mass is 19.1. The predicted molar refractivity (Wildman–Crippen MR) is 60.3 cm³/mol. The number of carbonyl (C=O) groups excluding carboxylic acids is 2. The molecule has 0 aromatic carbocycles. The van der Waals surface area contributed by atoms with Crippen LogP contribution in [0, 0.1) is 11.8 Å². The lowest BCUT2D eigenvalue weighted by Crippen LogP contribution is -2.50. The molecular formula is C12H19FO5. The van der Waals surface area contributed by atoms with Crippen molar-refractivity contribution in [3.63, 3.8) is 0 Å². The second kappa shape index (κ2) is 6.13. The zero-order valence-corrected chi connectivity index (χ0v) is 11.0. The van der Waals surface area contributed by atoms with Gasteiger partial charge in [0.05, 0.1) is 5.92 Å². The Labute approximate surface area is 106 Å². The summed E-state index contributed by atoms with van der Waals surface area (Å²) in [7, 11) is 0. The maximum Gasteiger partial charge on any atom is 0.304 e. The molecule has 1 fully saturated rings. The molecule has 1 heterocycles. The molecule has 0 saturated carbocycles. The summed E-state index contributed by atoms with van der Waals surface area (Å²) in [6, 6.07) is 0. The van der Waals surface area contributed by atoms with Gasteiger partial charge in [-0.3, -0.25) is 9.59 Å². The first-order valence-corrected chi connectivity index (χ1v) is 5.93. The summed E-state index contributed by atoms with van der Waals surface area (Å²) in [6.07, 6.45) is -2.72. The van der Waals surface area contributed by atoms with E-state index in [2.05, 4.69) is 0 Å². The van der Waals surface area contributed by atoms with E-state index in [9.17, 15) is 14.0 Å². The van der Waals surface area contributed by atoms with Crippen LogP contribution in [0.1, 0.15) is 27.7 Å². The smallest absolute Gasteiger partial charge is 0.304 e. The molecule has 1 rings (SSSR count). The van der Waals surface area contributed by atoms with Gasteiger partial charge < -0.3 is 14.2 Å². The molecule has 1 saturated heterocycles. The van der Waals surface area contributed by atoms with E-state index < -0.39 is 42.3 Å². The molecule has 1 aliphatic heterocycles. The van der Waals surface area contributed by atoms with E-state index in [4.69, 9.17) is 14.2 Å². The fourth-order valence-electron chi connectivity index (χ4n) is 1.94. The third-order valence-electron chi connectivity index (χ3n) is 3.06. The van der Waals surface area contributed by atoms with Gasteiger partial charge in [-0.15, -0.1) is 0 Å². The van der Waals surface area contributed by atoms with Gasteiger partial charge in [-0.2, -0.15) is 0 Å². The molecule has 0 N–H and O–H groups in total. The maximum absolute atomic E-state index is 14.0. The molecular weight excluding hydrogens is 243 g/mol. The minimum absolute atomic E-state index is 0.0403. The molecule has 0 radical (unpaired) electrons. The van der Waals surface area contributed by atoms with Gasteiger partial charge in [-0.25, -0.2) is 4.39 Å². The highest BCUT2D eigenvalue weighted by molar-refractivity contribution is 5.66. The van der Waals surface area contributed by atoms with Crippen molar-refractivity contribution in [2.75, 3.05) is 6.61 Å². The average molecular weight is 262 g/mol. The summed E-state index contributed by atoms with van der Waals surface area (Å²) < 4.78 is 29.3. The predicted octanol–water partition coefficient (Wildman–Crippen LogP) is 1.45. The topological polar surface area (TPSA) is 61.8 Å². The SMILES string of the molecule is CC(=O)OCC1OC(OC(C)=O)C(C)[C@@H](F)[C@@H]1C. The summed E-state index contributed by atoms with van der Waals surface area (Å²) in [4.78, 5) is 21.6. The number of hydrogen-bond donors (Lipinski definition) is 0. The van der Waals surface area contributed by atoms with E-state index in [1.54, 1.807) is 13.8 Å². The molecule has 0 spiro atoms. The normalized spacial score (nSPS) is 35.9. The van der Waals surface area contributed by atoms with E-state index >= 15 is 0 Å². The van der Waals surface area contributed by atoms with Crippen LogP contribution < -0.4 is 0 Å². The molecule has 5 nitrogen and oxygen atoms in total. The van der Waals surface area contributed by atoms with Crippen molar-refractivity contribution in [3.05, 3.63) is 0 Å². The van der Waals surface area contributed by atoms with Gasteiger partial charge in [0.2, 0.25) is 6.29 Å². The van der Waals surface area contributed by atoms with Crippen molar-refractivity contribution in [1.29, 1.82) is 0 Å². The van der Waals surface area contributed by atoms with Crippen LogP contribution in [-0.2, 0) is 23.8 Å². The molecule has 6 heteroatoms. The van der Waals surface area contributed by atoms with Crippen molar-refractivity contribution in [1.82, 2.24) is 0 Å². The van der Waals surface area contributed by atoms with E-state index in [1.165, 1.54) is 13.8 Å². The highest BCUT2D eigenvalue weighted by Gasteiger charge is 2.43. The fourth-order valence-corrected chi connectivity index (χ4v) is 1.94. The largest absolute Gasteiger partial charge is 0.463 e. The Kier molecular flexibility index (Phi) is 5.07. The Morgan fingerprint density at radius 3 is 2.28 bits per heavy atom. The Hall–Kier alpha value is -1.17. The summed E-state index contributed by atoms with van der Waals surface area (Å²) in [6.45, 7) is 5.77. The van der Waals surface area contributed by atoms with Gasteiger partial charge in [-0.1, -0.05) is 13.8 Å². The molecule has 104 valence electrons. The molecule has 0 amide bonds. The molecule has 0 aromatic heterocycles. The maximum atomic E-state index is 14.0. The van der Waals surface area contributed by atoms with Crippen molar-refractivity contribution in [2.45, 2.75) is 46.3 Å². The lowest BCUT2D eigenvalue weighted by molar-refractivity contribution is -0.251. The second-order valence-electron chi connectivity index (χ2n) is 4.62. The minimum atomic E-state index is -1.18. The number of carbonyl (C=O) groups is 2. The van der Waals surface area contributed by atoms with Crippen LogP contribution in [0.3, 0.4) is 0 Å². The lowest BCUT2D eigenvalue weighted by Gasteiger charge is -2.40. The Morgan fingerprint density at radius 2 is 1.78 bits per heavy atom. The van der Waals surface area contributed by atoms with Gasteiger partial charge >= 0.3 is 11.9 Å². The number of ether oxygens (including phenoxy) is 3. The summed E-state index contributed by atoms with van der Waals surface area (Å²) in [5.74, 6) is -1.95. The molecule has 5 atom stereocenters. The molecule has 3 unspecified atom stereocenters. The molecule has 18 heavy (non-hydrogen) atoms. The average Bonchev–Trinajstić information content (AvgIpc) is 2.27. The summed E-state index contributed by atoms with van der Waals surface area (Å²) in [5, 5.41) is 0. The number of esters is 2. The first-order chi connectivity index (χ1) is 8.32. The van der Waals surface area contributed by atoms with Crippen LogP contribution in [0.5, 0.6) is 0 Å². The van der Waals surface area contributed by atoms with Gasteiger partial charge in [0.15, 0.2) is 0 Å². The van der Waals surface area contributed by atoms with Crippen LogP contribution >= 0.6 is 0 Å². The van der Waals surface area contributed by atoms with Crippen molar-refractivity contribution in [3.8, 4) is 0 Å². The summed E-state index contributed by atoms with van der Waals surface area (Å²) in [5.41, 5.74) is 0. The Balaban J connectivity index is 2.67. The zero-order valence-electron chi connectivity index (χ0n) is 11.0. The van der Waals surface area contributed by atoms with E-state index in [-0.39, 0.29) is 6.61 Å². The molecule has 0 aromatic rings. The van der Waals surface area contributed by atoms with E-state index in [0.29, 0.717) is 0 Å². The number of hydrogen-bond acceptors (Lipinski definition) is 5. The number of halogens is 1. The quantitative estimate of drug-likeness (QED) is 0.720. The second-order valence-corrected chi connectivity index (χ2v) is 4.62. The first kappa shape index (κ1) is 14.9. The molecule has 0 bridgehead atoms. The van der Waals surface area contributed by atoms with Gasteiger partial charge in [0.1, 0.15) is 18.9 Å². The van der Waals surface area contributed by atoms with Gasteiger partial charge in [0.25, 0.3) is 0 Å². The van der Waals surface area contributed by atoms with Gasteiger partial charge in [-0.05, 0) is 0 Å². The van der Waals surface area contributed by atoms with Crippen LogP contribution in [0.15, 0.2) is 0 Å². The lowest BCUT2D eigenvalue weighted by atomic mass is 9.87. The Bertz CT molecular complexity index is 318. The number of rotatable bonds is 3. The van der Waals surface area contributed by atoms with Crippen LogP contribution in [0.25, 0.3) is 0 Å². The first-order valence-electron chi connectivity index (χ1n) is 5.93. The third-order valence-corrected chi connectivity index (χ3v) is 3.06. The highest BCUT2D eigenvalue weighted by Crippen LogP contribution is 2.33. The standard InChI is InChI=1S/C12H19FO5/c1-6-10(5-16-8(3)14)18-12(17-9(4)15)7(2)11(6)13/h6-7,10-12H,5H2,1-4H3/t6-,7?,10?,11+,12?/m1/s1. The van der Waals surface area contributed by atoms with Crippen LogP contribution in [0.2, 0.25) is 0 Å². The molecule has 1 aliphatic rings. The third kappa shape index (κ3) is 3.66. The van der Waals surface area contributed by atoms with Crippen molar-refractivity contribution in [2.24, 2.45) is 11.8 Å². The van der Waals surface area contributed by atoms with Crippen LogP contribution in [-0.4, -0.2) is 37.1 Å². The van der Waals surface area contributed by atoms with Crippen molar-refractivity contribution < 1.29 is 28.2 Å². The summed E-state index contributed by atoms with van der Waals surface area (Å²) >= 11 is 0. The number of alkyl halides is 1. The van der Waals surface area contributed by atoms with Gasteiger partial charge in [0, 0.05) is 19.8 Å². The van der Waals surface area contributed by atoms with E-state index in [0.717, 1.165) is 0 Å². The Morgan fingerprint density at radius 1 is 1.17 bits per heavy atom. The van der Waals surface area contributed by atoms with Crippen LogP contribution in [0.4, 0.5) is 4.39 Å². The van der Waals surface area contributed by atoms with E-state index in [1.807, 2.05) is 0 Å². The monoisotopic (exact) mass is 262 g/mol.